The molecule has 0 spiro atoms. The molecule has 4 nitrogen and oxygen atoms in total. The minimum atomic E-state index is -0.811. The number of hydrogen-bond acceptors (Lipinski definition) is 4. The molecule has 17 heavy (non-hydrogen) atoms. The van der Waals surface area contributed by atoms with Gasteiger partial charge in [-0.1, -0.05) is 30.3 Å². The first-order valence-electron chi connectivity index (χ1n) is 5.03. The Morgan fingerprint density at radius 2 is 1.65 bits per heavy atom. The van der Waals surface area contributed by atoms with Gasteiger partial charge in [0.15, 0.2) is 5.82 Å². The van der Waals surface area contributed by atoms with E-state index >= 15 is 0 Å². The van der Waals surface area contributed by atoms with Crippen molar-refractivity contribution in [1.29, 1.82) is 0 Å². The Morgan fingerprint density at radius 3 is 2.18 bits per heavy atom. The van der Waals surface area contributed by atoms with E-state index in [2.05, 4.69) is 21.3 Å². The van der Waals surface area contributed by atoms with E-state index in [9.17, 15) is 4.39 Å². The fourth-order valence-corrected chi connectivity index (χ4v) is 0.967. The van der Waals surface area contributed by atoms with E-state index in [1.807, 2.05) is 44.2 Å². The molecule has 1 aromatic carbocycles. The summed E-state index contributed by atoms with van der Waals surface area (Å²) in [5, 5.41) is 0. The third-order valence-corrected chi connectivity index (χ3v) is 1.53. The van der Waals surface area contributed by atoms with Gasteiger partial charge in [0.2, 0.25) is 6.33 Å². The zero-order valence-electron chi connectivity index (χ0n) is 10.1. The molecule has 0 unspecified atom stereocenters. The first-order chi connectivity index (χ1) is 8.09. The molecule has 0 bridgehead atoms. The molecule has 1 radical (unpaired) electrons. The second kappa shape index (κ2) is 6.65. The van der Waals surface area contributed by atoms with E-state index in [1.54, 1.807) is 12.1 Å². The highest BCUT2D eigenvalue weighted by Crippen LogP contribution is 2.11. The van der Waals surface area contributed by atoms with Gasteiger partial charge in [0.05, 0.1) is 0 Å². The molecule has 0 aliphatic rings. The molecule has 0 atom stereocenters. The van der Waals surface area contributed by atoms with Crippen LogP contribution in [0.4, 0.5) is 4.39 Å². The predicted octanol–water partition coefficient (Wildman–Crippen LogP) is 1.66. The molecule has 0 saturated heterocycles. The Balaban J connectivity index is 0.000000317. The van der Waals surface area contributed by atoms with Gasteiger partial charge < -0.3 is 4.90 Å². The maximum atomic E-state index is 12.6. The van der Waals surface area contributed by atoms with E-state index in [0.29, 0.717) is 5.82 Å². The van der Waals surface area contributed by atoms with Crippen molar-refractivity contribution in [2.75, 3.05) is 21.1 Å². The normalized spacial score (nSPS) is 9.71. The Bertz CT molecular complexity index is 443. The van der Waals surface area contributed by atoms with E-state index in [1.165, 1.54) is 0 Å². The predicted molar refractivity (Wildman–Crippen MR) is 63.7 cm³/mol. The second-order valence-corrected chi connectivity index (χ2v) is 3.74. The maximum absolute atomic E-state index is 12.6. The van der Waals surface area contributed by atoms with Gasteiger partial charge >= 0.3 is 6.08 Å². The Morgan fingerprint density at radius 1 is 1.06 bits per heavy atom. The third-order valence-electron chi connectivity index (χ3n) is 1.53. The van der Waals surface area contributed by atoms with Crippen LogP contribution in [0, 0.1) is 12.4 Å². The van der Waals surface area contributed by atoms with Gasteiger partial charge in [-0.3, -0.25) is 0 Å². The molecule has 2 rings (SSSR count). The van der Waals surface area contributed by atoms with Crippen molar-refractivity contribution in [2.45, 2.75) is 0 Å². The average molecular weight is 233 g/mol. The molecule has 0 N–H and O–H groups in total. The van der Waals surface area contributed by atoms with Crippen LogP contribution in [-0.4, -0.2) is 41.0 Å². The zero-order chi connectivity index (χ0) is 12.7. The molecule has 1 aromatic heterocycles. The molecule has 0 amide bonds. The summed E-state index contributed by atoms with van der Waals surface area (Å²) in [5.74, 6) is 0.299. The van der Waals surface area contributed by atoms with E-state index in [4.69, 9.17) is 0 Å². The molecule has 2 aromatic rings. The van der Waals surface area contributed by atoms with Crippen molar-refractivity contribution >= 4 is 0 Å². The summed E-state index contributed by atoms with van der Waals surface area (Å²) in [6, 6.07) is 9.12. The van der Waals surface area contributed by atoms with Crippen molar-refractivity contribution in [2.24, 2.45) is 0 Å². The quantitative estimate of drug-likeness (QED) is 0.751. The number of aromatic nitrogens is 3. The van der Waals surface area contributed by atoms with Crippen LogP contribution in [0.1, 0.15) is 0 Å². The van der Waals surface area contributed by atoms with Gasteiger partial charge in [0, 0.05) is 5.56 Å². The van der Waals surface area contributed by atoms with Crippen LogP contribution in [0.5, 0.6) is 0 Å². The summed E-state index contributed by atoms with van der Waals surface area (Å²) >= 11 is 0. The summed E-state index contributed by atoms with van der Waals surface area (Å²) < 4.78 is 12.6. The molecule has 1 heterocycles. The summed E-state index contributed by atoms with van der Waals surface area (Å²) in [4.78, 5) is 12.4. The Hall–Kier alpha value is -1.88. The number of nitrogens with zero attached hydrogens (tertiary/aromatic N) is 4. The third kappa shape index (κ3) is 5.12. The number of benzene rings is 1. The summed E-state index contributed by atoms with van der Waals surface area (Å²) in [6.45, 7) is 0. The topological polar surface area (TPSA) is 41.9 Å². The van der Waals surface area contributed by atoms with Gasteiger partial charge in [0.25, 0.3) is 0 Å². The van der Waals surface area contributed by atoms with Crippen molar-refractivity contribution < 1.29 is 4.39 Å². The van der Waals surface area contributed by atoms with Crippen molar-refractivity contribution in [3.05, 3.63) is 42.7 Å². The number of halogens is 1. The molecule has 5 heteroatoms. The highest BCUT2D eigenvalue weighted by molar-refractivity contribution is 5.53. The SMILES string of the molecule is CN(C)C.Fc1n[c]nc(-c2ccccc2)n1. The second-order valence-electron chi connectivity index (χ2n) is 3.74. The van der Waals surface area contributed by atoms with Gasteiger partial charge in [-0.25, -0.2) is 4.98 Å². The molecule has 0 aliphatic heterocycles. The molecular weight excluding hydrogens is 219 g/mol. The lowest BCUT2D eigenvalue weighted by atomic mass is 10.2. The van der Waals surface area contributed by atoms with Crippen LogP contribution >= 0.6 is 0 Å². The first kappa shape index (κ1) is 13.2. The summed E-state index contributed by atoms with van der Waals surface area (Å²) in [5.41, 5.74) is 0.750. The summed E-state index contributed by atoms with van der Waals surface area (Å²) in [6.07, 6.45) is 1.38. The summed E-state index contributed by atoms with van der Waals surface area (Å²) in [7, 11) is 6.00. The van der Waals surface area contributed by atoms with Crippen molar-refractivity contribution in [1.82, 2.24) is 19.9 Å². The van der Waals surface area contributed by atoms with Gasteiger partial charge in [0.1, 0.15) is 0 Å². The van der Waals surface area contributed by atoms with Crippen molar-refractivity contribution in [3.8, 4) is 11.4 Å². The molecule has 0 fully saturated rings. The lowest BCUT2D eigenvalue weighted by Crippen LogP contribution is -1.99. The van der Waals surface area contributed by atoms with E-state index in [0.717, 1.165) is 5.56 Å². The minimum Gasteiger partial charge on any atom is -0.312 e. The number of rotatable bonds is 1. The first-order valence-corrected chi connectivity index (χ1v) is 5.03. The highest BCUT2D eigenvalue weighted by atomic mass is 19.1. The van der Waals surface area contributed by atoms with E-state index < -0.39 is 6.08 Å². The van der Waals surface area contributed by atoms with Crippen LogP contribution in [0.2, 0.25) is 0 Å². The lowest BCUT2D eigenvalue weighted by molar-refractivity contribution is 0.505. The molecule has 0 saturated carbocycles. The minimum absolute atomic E-state index is 0.299. The van der Waals surface area contributed by atoms with Gasteiger partial charge in [-0.15, -0.1) is 0 Å². The highest BCUT2D eigenvalue weighted by Gasteiger charge is 2.01. The maximum Gasteiger partial charge on any atom is 0.312 e. The Kier molecular flexibility index (Phi) is 5.16. The van der Waals surface area contributed by atoms with Crippen LogP contribution in [0.25, 0.3) is 11.4 Å². The lowest BCUT2D eigenvalue weighted by Gasteiger charge is -1.96. The van der Waals surface area contributed by atoms with Gasteiger partial charge in [-0.2, -0.15) is 14.4 Å². The fraction of sp³-hybridized carbons (Fsp3) is 0.250. The van der Waals surface area contributed by atoms with E-state index in [-0.39, 0.29) is 0 Å². The molecular formula is C12H14FN4. The van der Waals surface area contributed by atoms with Crippen LogP contribution < -0.4 is 0 Å². The Labute approximate surface area is 100 Å². The fourth-order valence-electron chi connectivity index (χ4n) is 0.967. The van der Waals surface area contributed by atoms with Crippen LogP contribution in [-0.2, 0) is 0 Å². The largest absolute Gasteiger partial charge is 0.312 e. The van der Waals surface area contributed by atoms with Gasteiger partial charge in [-0.05, 0) is 21.1 Å². The molecule has 0 aliphatic carbocycles. The monoisotopic (exact) mass is 233 g/mol. The zero-order valence-corrected chi connectivity index (χ0v) is 10.1. The van der Waals surface area contributed by atoms with Crippen molar-refractivity contribution in [3.63, 3.8) is 0 Å². The van der Waals surface area contributed by atoms with Crippen LogP contribution in [0.15, 0.2) is 30.3 Å². The smallest absolute Gasteiger partial charge is 0.312 e. The number of hydrogen-bond donors (Lipinski definition) is 0. The molecule has 89 valence electrons. The van der Waals surface area contributed by atoms with Crippen LogP contribution in [0.3, 0.4) is 0 Å². The standard InChI is InChI=1S/C9H5FN3.C3H9N/c10-9-12-6-11-8(13-9)7-4-2-1-3-5-7;1-4(2)3/h1-5H;1-3H3. The average Bonchev–Trinajstić information content (AvgIpc) is 2.29.